The van der Waals surface area contributed by atoms with Gasteiger partial charge in [0.25, 0.3) is 0 Å². The number of nitrogens with zero attached hydrogens (tertiary/aromatic N) is 2. The third-order valence-electron chi connectivity index (χ3n) is 2.96. The van der Waals surface area contributed by atoms with Crippen LogP contribution in [-0.4, -0.2) is 9.78 Å². The molecule has 1 heterocycles. The Kier molecular flexibility index (Phi) is 4.11. The number of nitrogen functional groups attached to an aromatic ring is 1. The maximum atomic E-state index is 12.6. The Balaban J connectivity index is 2.10. The fourth-order valence-corrected chi connectivity index (χ4v) is 1.85. The Morgan fingerprint density at radius 3 is 2.62 bits per heavy atom. The quantitative estimate of drug-likeness (QED) is 0.937. The third kappa shape index (κ3) is 3.48. The van der Waals surface area contributed by atoms with E-state index in [1.54, 1.807) is 10.9 Å². The van der Waals surface area contributed by atoms with Gasteiger partial charge in [-0.25, -0.2) is 4.68 Å². The zero-order valence-corrected chi connectivity index (χ0v) is 11.7. The summed E-state index contributed by atoms with van der Waals surface area (Å²) in [5.41, 5.74) is 5.80. The van der Waals surface area contributed by atoms with E-state index in [-0.39, 0.29) is 18.4 Å². The van der Waals surface area contributed by atoms with Crippen LogP contribution in [0.15, 0.2) is 30.5 Å². The first-order valence-corrected chi connectivity index (χ1v) is 6.41. The Morgan fingerprint density at radius 1 is 1.33 bits per heavy atom. The number of halogens is 3. The normalized spacial score (nSPS) is 11.9. The monoisotopic (exact) mass is 299 g/mol. The van der Waals surface area contributed by atoms with Crippen LogP contribution in [0.2, 0.25) is 0 Å². The third-order valence-corrected chi connectivity index (χ3v) is 2.96. The van der Waals surface area contributed by atoms with Gasteiger partial charge in [0.1, 0.15) is 18.2 Å². The summed E-state index contributed by atoms with van der Waals surface area (Å²) < 4.78 is 44.8. The highest BCUT2D eigenvalue weighted by atomic mass is 19.4. The molecule has 2 rings (SSSR count). The second kappa shape index (κ2) is 5.67. The molecule has 0 radical (unpaired) electrons. The predicted octanol–water partition coefficient (Wildman–Crippen LogP) is 3.64. The van der Waals surface area contributed by atoms with Gasteiger partial charge in [-0.3, -0.25) is 0 Å². The van der Waals surface area contributed by atoms with Crippen LogP contribution in [0.25, 0.3) is 0 Å². The van der Waals surface area contributed by atoms with Gasteiger partial charge in [-0.05, 0) is 32.0 Å². The van der Waals surface area contributed by atoms with Gasteiger partial charge in [-0.1, -0.05) is 6.07 Å². The number of nitrogens with two attached hydrogens (primary N) is 1. The number of hydrogen-bond acceptors (Lipinski definition) is 3. The van der Waals surface area contributed by atoms with Crippen molar-refractivity contribution in [2.75, 3.05) is 5.73 Å². The Morgan fingerprint density at radius 2 is 2.05 bits per heavy atom. The highest BCUT2D eigenvalue weighted by molar-refractivity contribution is 5.39. The fraction of sp³-hybridized carbons (Fsp3) is 0.357. The molecule has 1 aromatic carbocycles. The number of alkyl halides is 3. The largest absolute Gasteiger partial charge is 0.489 e. The fourth-order valence-electron chi connectivity index (χ4n) is 1.85. The average molecular weight is 299 g/mol. The minimum atomic E-state index is -4.39. The summed E-state index contributed by atoms with van der Waals surface area (Å²) in [5.74, 6) is 0.596. The van der Waals surface area contributed by atoms with Gasteiger partial charge >= 0.3 is 6.18 Å². The topological polar surface area (TPSA) is 53.1 Å². The molecule has 7 heteroatoms. The van der Waals surface area contributed by atoms with Crippen LogP contribution in [-0.2, 0) is 12.8 Å². The summed E-state index contributed by atoms with van der Waals surface area (Å²) in [6, 6.07) is 4.84. The zero-order chi connectivity index (χ0) is 15.6. The molecule has 1 aromatic heterocycles. The Bertz CT molecular complexity index is 620. The number of hydrogen-bond donors (Lipinski definition) is 1. The molecule has 21 heavy (non-hydrogen) atoms. The maximum Gasteiger partial charge on any atom is 0.416 e. The number of aromatic nitrogens is 2. The van der Waals surface area contributed by atoms with Gasteiger partial charge in [0.2, 0.25) is 0 Å². The summed E-state index contributed by atoms with van der Waals surface area (Å²) in [4.78, 5) is 0. The van der Waals surface area contributed by atoms with Crippen LogP contribution >= 0.6 is 0 Å². The molecule has 0 spiro atoms. The van der Waals surface area contributed by atoms with Crippen LogP contribution in [0, 0.1) is 0 Å². The van der Waals surface area contributed by atoms with Crippen molar-refractivity contribution in [2.24, 2.45) is 0 Å². The molecule has 4 nitrogen and oxygen atoms in total. The van der Waals surface area contributed by atoms with Gasteiger partial charge < -0.3 is 10.5 Å². The van der Waals surface area contributed by atoms with E-state index in [0.717, 1.165) is 12.1 Å². The molecule has 0 fully saturated rings. The van der Waals surface area contributed by atoms with Gasteiger partial charge in [0.05, 0.1) is 17.3 Å². The second-order valence-electron chi connectivity index (χ2n) is 4.91. The first-order chi connectivity index (χ1) is 9.79. The minimum absolute atomic E-state index is 0.0693. The van der Waals surface area contributed by atoms with Crippen LogP contribution < -0.4 is 10.5 Å². The maximum absolute atomic E-state index is 12.6. The van der Waals surface area contributed by atoms with Gasteiger partial charge in [-0.15, -0.1) is 0 Å². The van der Waals surface area contributed by atoms with Crippen molar-refractivity contribution in [1.29, 1.82) is 0 Å². The van der Waals surface area contributed by atoms with E-state index in [9.17, 15) is 13.2 Å². The van der Waals surface area contributed by atoms with E-state index < -0.39 is 11.7 Å². The molecule has 0 aliphatic rings. The molecule has 0 bridgehead atoms. The SMILES string of the molecule is CC(C)n1ncc(COc2cccc(C(F)(F)F)c2)c1N. The number of anilines is 1. The van der Waals surface area contributed by atoms with Crippen molar-refractivity contribution >= 4 is 5.82 Å². The molecule has 2 aromatic rings. The van der Waals surface area contributed by atoms with Crippen molar-refractivity contribution < 1.29 is 17.9 Å². The lowest BCUT2D eigenvalue weighted by atomic mass is 10.2. The molecule has 0 unspecified atom stereocenters. The minimum Gasteiger partial charge on any atom is -0.489 e. The number of benzene rings is 1. The van der Waals surface area contributed by atoms with Crippen LogP contribution in [0.1, 0.15) is 31.0 Å². The smallest absolute Gasteiger partial charge is 0.416 e. The van der Waals surface area contributed by atoms with Crippen molar-refractivity contribution in [1.82, 2.24) is 9.78 Å². The molecule has 0 amide bonds. The summed E-state index contributed by atoms with van der Waals surface area (Å²) in [6.07, 6.45) is -2.83. The lowest BCUT2D eigenvalue weighted by Gasteiger charge is -2.11. The lowest BCUT2D eigenvalue weighted by molar-refractivity contribution is -0.137. The van der Waals surface area contributed by atoms with E-state index in [4.69, 9.17) is 10.5 Å². The molecule has 114 valence electrons. The highest BCUT2D eigenvalue weighted by Gasteiger charge is 2.30. The summed E-state index contributed by atoms with van der Waals surface area (Å²) >= 11 is 0. The molecule has 2 N–H and O–H groups in total. The standard InChI is InChI=1S/C14H16F3N3O/c1-9(2)20-13(18)10(7-19-20)8-21-12-5-3-4-11(6-12)14(15,16)17/h3-7,9H,8,18H2,1-2H3. The van der Waals surface area contributed by atoms with Crippen LogP contribution in [0.3, 0.4) is 0 Å². The Hall–Kier alpha value is -2.18. The van der Waals surface area contributed by atoms with Crippen molar-refractivity contribution in [3.63, 3.8) is 0 Å². The van der Waals surface area contributed by atoms with E-state index >= 15 is 0 Å². The van der Waals surface area contributed by atoms with E-state index in [1.807, 2.05) is 13.8 Å². The van der Waals surface area contributed by atoms with Gasteiger partial charge in [0, 0.05) is 6.04 Å². The van der Waals surface area contributed by atoms with Crippen molar-refractivity contribution in [2.45, 2.75) is 32.7 Å². The predicted molar refractivity (Wildman–Crippen MR) is 72.8 cm³/mol. The van der Waals surface area contributed by atoms with E-state index in [1.165, 1.54) is 12.1 Å². The molecular weight excluding hydrogens is 283 g/mol. The number of rotatable bonds is 4. The molecule has 0 saturated heterocycles. The summed E-state index contributed by atoms with van der Waals surface area (Å²) in [5, 5.41) is 4.12. The van der Waals surface area contributed by atoms with Crippen LogP contribution in [0.4, 0.5) is 19.0 Å². The molecule has 0 aliphatic carbocycles. The van der Waals surface area contributed by atoms with Crippen molar-refractivity contribution in [3.05, 3.63) is 41.6 Å². The first-order valence-electron chi connectivity index (χ1n) is 6.41. The highest BCUT2D eigenvalue weighted by Crippen LogP contribution is 2.31. The van der Waals surface area contributed by atoms with Crippen LogP contribution in [0.5, 0.6) is 5.75 Å². The zero-order valence-electron chi connectivity index (χ0n) is 11.7. The molecular formula is C14H16F3N3O. The summed E-state index contributed by atoms with van der Waals surface area (Å²) in [7, 11) is 0. The molecule has 0 aliphatic heterocycles. The number of ether oxygens (including phenoxy) is 1. The Labute approximate surface area is 120 Å². The first kappa shape index (κ1) is 15.2. The van der Waals surface area contributed by atoms with Crippen molar-refractivity contribution in [3.8, 4) is 5.75 Å². The molecule has 0 atom stereocenters. The van der Waals surface area contributed by atoms with E-state index in [2.05, 4.69) is 5.10 Å². The average Bonchev–Trinajstić information content (AvgIpc) is 2.77. The molecule has 0 saturated carbocycles. The van der Waals surface area contributed by atoms with E-state index in [0.29, 0.717) is 11.4 Å². The summed E-state index contributed by atoms with van der Waals surface area (Å²) in [6.45, 7) is 3.93. The van der Waals surface area contributed by atoms with Gasteiger partial charge in [0.15, 0.2) is 0 Å². The van der Waals surface area contributed by atoms with Gasteiger partial charge in [-0.2, -0.15) is 18.3 Å². The second-order valence-corrected chi connectivity index (χ2v) is 4.91. The lowest BCUT2D eigenvalue weighted by Crippen LogP contribution is -2.08.